The van der Waals surface area contributed by atoms with Gasteiger partial charge in [0.05, 0.1) is 33.4 Å². The van der Waals surface area contributed by atoms with E-state index in [-0.39, 0.29) is 41.9 Å². The summed E-state index contributed by atoms with van der Waals surface area (Å²) >= 11 is 0. The second-order valence-electron chi connectivity index (χ2n) is 7.18. The third-order valence-electron chi connectivity index (χ3n) is 4.91. The molecule has 1 heterocycles. The minimum Gasteiger partial charge on any atom is -0.495 e. The molecule has 0 unspecified atom stereocenters. The fourth-order valence-electron chi connectivity index (χ4n) is 3.23. The van der Waals surface area contributed by atoms with E-state index in [9.17, 15) is 17.6 Å². The molecule has 0 aromatic heterocycles. The van der Waals surface area contributed by atoms with Crippen LogP contribution in [0.5, 0.6) is 11.5 Å². The van der Waals surface area contributed by atoms with E-state index in [0.717, 1.165) is 0 Å². The summed E-state index contributed by atoms with van der Waals surface area (Å²) in [5, 5.41) is 2.79. The number of ether oxygens (including phenoxy) is 3. The van der Waals surface area contributed by atoms with Gasteiger partial charge >= 0.3 is 0 Å². The molecule has 0 radical (unpaired) electrons. The lowest BCUT2D eigenvalue weighted by Crippen LogP contribution is -2.40. The quantitative estimate of drug-likeness (QED) is 0.538. The molecule has 1 amide bonds. The molecule has 10 heteroatoms. The minimum absolute atomic E-state index is 0.0362. The van der Waals surface area contributed by atoms with Gasteiger partial charge in [0.15, 0.2) is 0 Å². The van der Waals surface area contributed by atoms with E-state index in [0.29, 0.717) is 44.1 Å². The number of morpholine rings is 1. The van der Waals surface area contributed by atoms with Crippen molar-refractivity contribution in [3.63, 3.8) is 0 Å². The number of hydrogen-bond acceptors (Lipinski definition) is 6. The first-order valence-electron chi connectivity index (χ1n) is 10.3. The largest absolute Gasteiger partial charge is 0.495 e. The van der Waals surface area contributed by atoms with Crippen LogP contribution in [0.4, 0.5) is 4.39 Å². The average molecular weight is 467 g/mol. The number of nitrogens with one attached hydrogen (secondary N) is 1. The van der Waals surface area contributed by atoms with Crippen LogP contribution >= 0.6 is 0 Å². The molecule has 0 atom stereocenters. The van der Waals surface area contributed by atoms with E-state index in [1.807, 2.05) is 0 Å². The third-order valence-corrected chi connectivity index (χ3v) is 6.83. The van der Waals surface area contributed by atoms with Crippen molar-refractivity contribution < 1.29 is 31.8 Å². The first-order chi connectivity index (χ1) is 15.4. The number of methoxy groups -OCH3 is 1. The van der Waals surface area contributed by atoms with E-state index >= 15 is 0 Å². The first kappa shape index (κ1) is 24.0. The Morgan fingerprint density at radius 2 is 1.88 bits per heavy atom. The third kappa shape index (κ3) is 6.41. The van der Waals surface area contributed by atoms with Crippen LogP contribution in [0.15, 0.2) is 47.4 Å². The summed E-state index contributed by atoms with van der Waals surface area (Å²) in [7, 11) is -2.35. The van der Waals surface area contributed by atoms with Gasteiger partial charge in [0.2, 0.25) is 15.9 Å². The van der Waals surface area contributed by atoms with Crippen LogP contribution in [0.1, 0.15) is 12.0 Å². The van der Waals surface area contributed by atoms with Crippen molar-refractivity contribution in [2.45, 2.75) is 17.7 Å². The topological polar surface area (TPSA) is 94.2 Å². The van der Waals surface area contributed by atoms with Crippen molar-refractivity contribution in [2.75, 3.05) is 46.6 Å². The predicted octanol–water partition coefficient (Wildman–Crippen LogP) is 1.98. The zero-order valence-electron chi connectivity index (χ0n) is 17.9. The van der Waals surface area contributed by atoms with Crippen molar-refractivity contribution in [3.8, 4) is 11.5 Å². The van der Waals surface area contributed by atoms with Crippen LogP contribution in [0.2, 0.25) is 0 Å². The van der Waals surface area contributed by atoms with Crippen molar-refractivity contribution in [1.82, 2.24) is 9.62 Å². The highest BCUT2D eigenvalue weighted by atomic mass is 32.2. The molecule has 3 rings (SSSR count). The molecule has 1 fully saturated rings. The van der Waals surface area contributed by atoms with Crippen molar-refractivity contribution in [3.05, 3.63) is 53.8 Å². The number of carbonyl (C=O) groups is 1. The Hall–Kier alpha value is -2.69. The van der Waals surface area contributed by atoms with Gasteiger partial charge in [-0.2, -0.15) is 4.31 Å². The van der Waals surface area contributed by atoms with Gasteiger partial charge in [0.25, 0.3) is 0 Å². The Balaban J connectivity index is 1.53. The maximum Gasteiger partial charge on any atom is 0.246 e. The van der Waals surface area contributed by atoms with Gasteiger partial charge in [-0.05, 0) is 48.4 Å². The highest BCUT2D eigenvalue weighted by Gasteiger charge is 2.29. The fraction of sp³-hybridized carbons (Fsp3) is 0.409. The predicted molar refractivity (Wildman–Crippen MR) is 116 cm³/mol. The molecule has 1 saturated heterocycles. The highest BCUT2D eigenvalue weighted by Crippen LogP contribution is 2.28. The normalized spacial score (nSPS) is 14.7. The van der Waals surface area contributed by atoms with Crippen LogP contribution in [-0.2, 0) is 26.0 Å². The van der Waals surface area contributed by atoms with Crippen molar-refractivity contribution in [1.29, 1.82) is 0 Å². The smallest absolute Gasteiger partial charge is 0.246 e. The molecule has 2 aromatic carbocycles. The van der Waals surface area contributed by atoms with Gasteiger partial charge in [-0.15, -0.1) is 0 Å². The number of halogens is 1. The molecular formula is C22H27FN2O6S. The standard InChI is InChI=1S/C22H27FN2O6S/c1-29-20-8-3-17(15-21(20)32(27,28)25-10-13-30-14-11-25)16-22(26)24-9-2-12-31-19-6-4-18(23)5-7-19/h3-8,15H,2,9-14,16H2,1H3,(H,24,26). The van der Waals surface area contributed by atoms with Crippen LogP contribution < -0.4 is 14.8 Å². The lowest BCUT2D eigenvalue weighted by molar-refractivity contribution is -0.120. The molecule has 0 saturated carbocycles. The number of benzene rings is 2. The lowest BCUT2D eigenvalue weighted by atomic mass is 10.1. The Kier molecular flexibility index (Phi) is 8.43. The molecule has 32 heavy (non-hydrogen) atoms. The second-order valence-corrected chi connectivity index (χ2v) is 9.09. The van der Waals surface area contributed by atoms with E-state index < -0.39 is 10.0 Å². The second kappa shape index (κ2) is 11.3. The summed E-state index contributed by atoms with van der Waals surface area (Å²) in [6.45, 7) is 2.00. The monoisotopic (exact) mass is 466 g/mol. The van der Waals surface area contributed by atoms with Crippen LogP contribution in [0.25, 0.3) is 0 Å². The van der Waals surface area contributed by atoms with Gasteiger partial charge < -0.3 is 19.5 Å². The Morgan fingerprint density at radius 3 is 2.56 bits per heavy atom. The first-order valence-corrected chi connectivity index (χ1v) is 11.7. The van der Waals surface area contributed by atoms with E-state index in [1.165, 1.54) is 29.6 Å². The van der Waals surface area contributed by atoms with Gasteiger partial charge in [0.1, 0.15) is 22.2 Å². The molecule has 1 aliphatic heterocycles. The molecule has 0 spiro atoms. The molecule has 1 N–H and O–H groups in total. The zero-order chi connectivity index (χ0) is 23.0. The summed E-state index contributed by atoms with van der Waals surface area (Å²) in [5.74, 6) is 0.235. The number of rotatable bonds is 10. The SMILES string of the molecule is COc1ccc(CC(=O)NCCCOc2ccc(F)cc2)cc1S(=O)(=O)N1CCOCC1. The molecule has 174 valence electrons. The van der Waals surface area contributed by atoms with Crippen molar-refractivity contribution in [2.24, 2.45) is 0 Å². The summed E-state index contributed by atoms with van der Waals surface area (Å²) < 4.78 is 56.3. The van der Waals surface area contributed by atoms with Crippen LogP contribution in [0.3, 0.4) is 0 Å². The Labute approximate surface area is 187 Å². The number of nitrogens with zero attached hydrogens (tertiary/aromatic N) is 1. The van der Waals surface area contributed by atoms with E-state index in [2.05, 4.69) is 5.32 Å². The highest BCUT2D eigenvalue weighted by molar-refractivity contribution is 7.89. The number of sulfonamides is 1. The summed E-state index contributed by atoms with van der Waals surface area (Å²) in [6, 6.07) is 10.4. The molecule has 2 aromatic rings. The number of hydrogen-bond donors (Lipinski definition) is 1. The van der Waals surface area contributed by atoms with Gasteiger partial charge in [-0.3, -0.25) is 4.79 Å². The Bertz CT molecular complexity index is 1010. The maximum atomic E-state index is 13.0. The Morgan fingerprint density at radius 1 is 1.16 bits per heavy atom. The van der Waals surface area contributed by atoms with Crippen LogP contribution in [0, 0.1) is 5.82 Å². The fourth-order valence-corrected chi connectivity index (χ4v) is 4.84. The molecular weight excluding hydrogens is 439 g/mol. The average Bonchev–Trinajstić information content (AvgIpc) is 2.80. The number of amides is 1. The van der Waals surface area contributed by atoms with Gasteiger partial charge in [-0.1, -0.05) is 6.07 Å². The summed E-state index contributed by atoms with van der Waals surface area (Å²) in [5.41, 5.74) is 0.567. The molecule has 1 aliphatic rings. The van der Waals surface area contributed by atoms with Gasteiger partial charge in [-0.25, -0.2) is 12.8 Å². The van der Waals surface area contributed by atoms with Crippen LogP contribution in [-0.4, -0.2) is 65.2 Å². The maximum absolute atomic E-state index is 13.0. The molecule has 0 aliphatic carbocycles. The lowest BCUT2D eigenvalue weighted by Gasteiger charge is -2.26. The van der Waals surface area contributed by atoms with E-state index in [1.54, 1.807) is 24.3 Å². The minimum atomic E-state index is -3.76. The number of carbonyl (C=O) groups excluding carboxylic acids is 1. The molecule has 8 nitrogen and oxygen atoms in total. The zero-order valence-corrected chi connectivity index (χ0v) is 18.7. The summed E-state index contributed by atoms with van der Waals surface area (Å²) in [6.07, 6.45) is 0.608. The summed E-state index contributed by atoms with van der Waals surface area (Å²) in [4.78, 5) is 12.3. The van der Waals surface area contributed by atoms with Crippen molar-refractivity contribution >= 4 is 15.9 Å². The molecule has 0 bridgehead atoms. The van der Waals surface area contributed by atoms with Gasteiger partial charge in [0, 0.05) is 19.6 Å². The van der Waals surface area contributed by atoms with E-state index in [4.69, 9.17) is 14.2 Å².